The first kappa shape index (κ1) is 22.5. The molecule has 0 atom stereocenters. The third-order valence-corrected chi connectivity index (χ3v) is 7.43. The second kappa shape index (κ2) is 9.42. The first-order valence-corrected chi connectivity index (χ1v) is 12.5. The molecule has 1 fully saturated rings. The standard InChI is InChI=1S/C24H30N4O3S/c1-26(2)16-17-28(18-19-8-4-3-5-9-19)24(29)20-12-14-27(15-13-20)23-21-10-6-7-11-22(21)32(30,31)25-23/h3-11,20H,12-18H2,1-2H3. The van der Waals surface area contributed by atoms with E-state index in [0.29, 0.717) is 50.4 Å². The minimum absolute atomic E-state index is 0.0639. The highest BCUT2D eigenvalue weighted by Gasteiger charge is 2.35. The molecule has 2 heterocycles. The van der Waals surface area contributed by atoms with Crippen molar-refractivity contribution in [3.63, 3.8) is 0 Å². The molecule has 0 aliphatic carbocycles. The molecule has 2 aromatic carbocycles. The van der Waals surface area contributed by atoms with Gasteiger partial charge in [0.05, 0.1) is 0 Å². The number of fused-ring (bicyclic) bond motifs is 1. The van der Waals surface area contributed by atoms with E-state index < -0.39 is 10.0 Å². The Balaban J connectivity index is 1.44. The quantitative estimate of drug-likeness (QED) is 0.670. The maximum Gasteiger partial charge on any atom is 0.285 e. The van der Waals surface area contributed by atoms with Crippen LogP contribution >= 0.6 is 0 Å². The predicted molar refractivity (Wildman–Crippen MR) is 125 cm³/mol. The lowest BCUT2D eigenvalue weighted by Gasteiger charge is -2.35. The fourth-order valence-electron chi connectivity index (χ4n) is 4.30. The van der Waals surface area contributed by atoms with E-state index in [9.17, 15) is 13.2 Å². The molecule has 8 heteroatoms. The summed E-state index contributed by atoms with van der Waals surface area (Å²) < 4.78 is 28.8. The SMILES string of the molecule is CN(C)CCN(Cc1ccccc1)C(=O)C1CCN(C2=NS(=O)(=O)c3ccccc32)CC1. The molecule has 4 rings (SSSR count). The summed E-state index contributed by atoms with van der Waals surface area (Å²) in [6.45, 7) is 3.33. The van der Waals surface area contributed by atoms with Gasteiger partial charge in [0, 0.05) is 44.2 Å². The van der Waals surface area contributed by atoms with Crippen molar-refractivity contribution in [3.05, 3.63) is 65.7 Å². The van der Waals surface area contributed by atoms with Crippen molar-refractivity contribution in [2.75, 3.05) is 40.3 Å². The van der Waals surface area contributed by atoms with Gasteiger partial charge in [-0.25, -0.2) is 0 Å². The van der Waals surface area contributed by atoms with Gasteiger partial charge in [0.15, 0.2) is 5.84 Å². The van der Waals surface area contributed by atoms with Crippen LogP contribution in [0.2, 0.25) is 0 Å². The van der Waals surface area contributed by atoms with Crippen LogP contribution in [-0.2, 0) is 21.4 Å². The maximum absolute atomic E-state index is 13.4. The number of likely N-dealkylation sites (N-methyl/N-ethyl adjacent to an activating group) is 1. The van der Waals surface area contributed by atoms with Crippen LogP contribution < -0.4 is 0 Å². The second-order valence-electron chi connectivity index (χ2n) is 8.70. The van der Waals surface area contributed by atoms with E-state index in [4.69, 9.17) is 0 Å². The zero-order chi connectivity index (χ0) is 22.7. The molecule has 0 saturated carbocycles. The number of sulfonamides is 1. The van der Waals surface area contributed by atoms with Gasteiger partial charge in [0.1, 0.15) is 4.90 Å². The summed E-state index contributed by atoms with van der Waals surface area (Å²) in [6.07, 6.45) is 1.38. The fourth-order valence-corrected chi connectivity index (χ4v) is 5.53. The van der Waals surface area contributed by atoms with Crippen molar-refractivity contribution in [1.29, 1.82) is 0 Å². The molecular weight excluding hydrogens is 424 g/mol. The minimum Gasteiger partial charge on any atom is -0.355 e. The zero-order valence-electron chi connectivity index (χ0n) is 18.6. The number of carbonyl (C=O) groups excluding carboxylic acids is 1. The zero-order valence-corrected chi connectivity index (χ0v) is 19.5. The number of benzene rings is 2. The summed E-state index contributed by atoms with van der Waals surface area (Å²) in [6, 6.07) is 17.0. The first-order valence-electron chi connectivity index (χ1n) is 11.0. The highest BCUT2D eigenvalue weighted by molar-refractivity contribution is 7.90. The smallest absolute Gasteiger partial charge is 0.285 e. The van der Waals surface area contributed by atoms with E-state index >= 15 is 0 Å². The van der Waals surface area contributed by atoms with Crippen molar-refractivity contribution in [1.82, 2.24) is 14.7 Å². The van der Waals surface area contributed by atoms with E-state index in [1.54, 1.807) is 18.2 Å². The number of piperidine rings is 1. The highest BCUT2D eigenvalue weighted by Crippen LogP contribution is 2.30. The van der Waals surface area contributed by atoms with Gasteiger partial charge in [-0.2, -0.15) is 8.42 Å². The molecular formula is C24H30N4O3S. The molecule has 2 aliphatic rings. The van der Waals surface area contributed by atoms with Crippen LogP contribution in [0.5, 0.6) is 0 Å². The molecule has 170 valence electrons. The Hall–Kier alpha value is -2.71. The fraction of sp³-hybridized carbons (Fsp3) is 0.417. The summed E-state index contributed by atoms with van der Waals surface area (Å²) in [4.78, 5) is 19.7. The number of hydrogen-bond acceptors (Lipinski definition) is 5. The Bertz CT molecular complexity index is 1090. The summed E-state index contributed by atoms with van der Waals surface area (Å²) in [5, 5.41) is 0. The monoisotopic (exact) mass is 454 g/mol. The topological polar surface area (TPSA) is 73.3 Å². The van der Waals surface area contributed by atoms with Crippen LogP contribution in [0.3, 0.4) is 0 Å². The molecule has 1 amide bonds. The molecule has 0 bridgehead atoms. The Labute approximate surface area is 190 Å². The normalized spacial score (nSPS) is 17.8. The Morgan fingerprint density at radius 3 is 2.34 bits per heavy atom. The van der Waals surface area contributed by atoms with E-state index in [-0.39, 0.29) is 16.7 Å². The Morgan fingerprint density at radius 1 is 1.00 bits per heavy atom. The number of hydrogen-bond donors (Lipinski definition) is 0. The second-order valence-corrected chi connectivity index (χ2v) is 10.3. The average molecular weight is 455 g/mol. The largest absolute Gasteiger partial charge is 0.355 e. The number of likely N-dealkylation sites (tertiary alicyclic amines) is 1. The van der Waals surface area contributed by atoms with Gasteiger partial charge >= 0.3 is 0 Å². The van der Waals surface area contributed by atoms with Gasteiger partial charge in [0.25, 0.3) is 10.0 Å². The third-order valence-electron chi connectivity index (χ3n) is 6.10. The lowest BCUT2D eigenvalue weighted by Crippen LogP contribution is -2.45. The Morgan fingerprint density at radius 2 is 1.66 bits per heavy atom. The molecule has 7 nitrogen and oxygen atoms in total. The first-order chi connectivity index (χ1) is 15.3. The molecule has 32 heavy (non-hydrogen) atoms. The van der Waals surface area contributed by atoms with E-state index in [0.717, 1.165) is 12.1 Å². The lowest BCUT2D eigenvalue weighted by atomic mass is 9.94. The van der Waals surface area contributed by atoms with Gasteiger partial charge in [0.2, 0.25) is 5.91 Å². The highest BCUT2D eigenvalue weighted by atomic mass is 32.2. The molecule has 2 aromatic rings. The average Bonchev–Trinajstić information content (AvgIpc) is 3.08. The maximum atomic E-state index is 13.4. The van der Waals surface area contributed by atoms with Crippen LogP contribution in [0.4, 0.5) is 0 Å². The Kier molecular flexibility index (Phi) is 6.62. The van der Waals surface area contributed by atoms with Gasteiger partial charge in [-0.1, -0.05) is 42.5 Å². The summed E-state index contributed by atoms with van der Waals surface area (Å²) in [5.41, 5.74) is 1.79. The van der Waals surface area contributed by atoms with Crippen LogP contribution in [0.25, 0.3) is 0 Å². The summed E-state index contributed by atoms with van der Waals surface area (Å²) in [7, 11) is 0.393. The van der Waals surface area contributed by atoms with E-state index in [2.05, 4.69) is 21.4 Å². The summed E-state index contributed by atoms with van der Waals surface area (Å²) in [5.74, 6) is 0.628. The van der Waals surface area contributed by atoms with Crippen molar-refractivity contribution < 1.29 is 13.2 Å². The van der Waals surface area contributed by atoms with Gasteiger partial charge in [-0.15, -0.1) is 4.40 Å². The van der Waals surface area contributed by atoms with Crippen molar-refractivity contribution in [3.8, 4) is 0 Å². The van der Waals surface area contributed by atoms with Crippen LogP contribution in [0.15, 0.2) is 63.9 Å². The number of carbonyl (C=O) groups is 1. The number of amides is 1. The number of rotatable bonds is 6. The van der Waals surface area contributed by atoms with E-state index in [1.165, 1.54) is 0 Å². The van der Waals surface area contributed by atoms with Crippen LogP contribution in [-0.4, -0.2) is 75.1 Å². The molecule has 0 unspecified atom stereocenters. The van der Waals surface area contributed by atoms with Gasteiger partial charge < -0.3 is 14.7 Å². The molecule has 0 spiro atoms. The predicted octanol–water partition coefficient (Wildman–Crippen LogP) is 2.44. The molecule has 2 aliphatic heterocycles. The number of amidine groups is 1. The van der Waals surface area contributed by atoms with E-state index in [1.807, 2.05) is 48.2 Å². The third kappa shape index (κ3) is 4.86. The molecule has 0 radical (unpaired) electrons. The molecule has 0 aromatic heterocycles. The van der Waals surface area contributed by atoms with Crippen molar-refractivity contribution in [2.45, 2.75) is 24.3 Å². The minimum atomic E-state index is -3.63. The van der Waals surface area contributed by atoms with Gasteiger partial charge in [-0.05, 0) is 44.6 Å². The molecule has 1 saturated heterocycles. The molecule has 0 N–H and O–H groups in total. The van der Waals surface area contributed by atoms with Crippen LogP contribution in [0.1, 0.15) is 24.0 Å². The van der Waals surface area contributed by atoms with Crippen molar-refractivity contribution >= 4 is 21.8 Å². The van der Waals surface area contributed by atoms with Crippen molar-refractivity contribution in [2.24, 2.45) is 10.3 Å². The van der Waals surface area contributed by atoms with Gasteiger partial charge in [-0.3, -0.25) is 4.79 Å². The number of nitrogens with zero attached hydrogens (tertiary/aromatic N) is 4. The lowest BCUT2D eigenvalue weighted by molar-refractivity contribution is -0.137. The van der Waals surface area contributed by atoms with Crippen LogP contribution in [0, 0.1) is 5.92 Å². The summed E-state index contributed by atoms with van der Waals surface area (Å²) >= 11 is 0.